The second-order valence-electron chi connectivity index (χ2n) is 4.36. The molecule has 0 amide bonds. The minimum Gasteiger partial charge on any atom is -0.489 e. The van der Waals surface area contributed by atoms with Crippen LogP contribution >= 0.6 is 0 Å². The molecule has 0 saturated carbocycles. The molecule has 0 unspecified atom stereocenters. The minimum absolute atomic E-state index is 0.0645. The number of nitrogens with zero attached hydrogens (tertiary/aromatic N) is 2. The second kappa shape index (κ2) is 7.16. The molecular weight excluding hydrogens is 290 g/mol. The number of rotatable bonds is 5. The van der Waals surface area contributed by atoms with E-state index in [0.29, 0.717) is 5.75 Å². The molecule has 2 aromatic rings. The Balaban J connectivity index is 1.98. The zero-order valence-electron chi connectivity index (χ0n) is 11.5. The van der Waals surface area contributed by atoms with Crippen molar-refractivity contribution in [2.45, 2.75) is 6.61 Å². The molecule has 0 bridgehead atoms. The summed E-state index contributed by atoms with van der Waals surface area (Å²) in [6.45, 7) is -0.0645. The van der Waals surface area contributed by atoms with E-state index in [2.05, 4.69) is 10.2 Å². The topological polar surface area (TPSA) is 86.0 Å². The van der Waals surface area contributed by atoms with Crippen LogP contribution < -0.4 is 16.2 Å². The maximum absolute atomic E-state index is 13.4. The van der Waals surface area contributed by atoms with Gasteiger partial charge in [-0.1, -0.05) is 0 Å². The van der Waals surface area contributed by atoms with E-state index >= 15 is 0 Å². The molecule has 0 saturated heterocycles. The highest BCUT2D eigenvalue weighted by molar-refractivity contribution is 5.81. The summed E-state index contributed by atoms with van der Waals surface area (Å²) in [5.74, 6) is -0.635. The molecule has 0 heterocycles. The lowest BCUT2D eigenvalue weighted by Gasteiger charge is -2.07. The maximum Gasteiger partial charge on any atom is 0.211 e. The first kappa shape index (κ1) is 15.4. The fourth-order valence-electron chi connectivity index (χ4n) is 1.63. The van der Waals surface area contributed by atoms with Crippen molar-refractivity contribution in [2.75, 3.05) is 0 Å². The van der Waals surface area contributed by atoms with Gasteiger partial charge in [-0.2, -0.15) is 5.10 Å². The number of hydrogen-bond donors (Lipinski definition) is 2. The third kappa shape index (κ3) is 4.55. The zero-order chi connectivity index (χ0) is 15.9. The van der Waals surface area contributed by atoms with Crippen LogP contribution in [-0.4, -0.2) is 12.2 Å². The fraction of sp³-hybridized carbons (Fsp3) is 0.0667. The van der Waals surface area contributed by atoms with Gasteiger partial charge >= 0.3 is 0 Å². The van der Waals surface area contributed by atoms with E-state index in [9.17, 15) is 8.78 Å². The number of ether oxygens (including phenoxy) is 1. The van der Waals surface area contributed by atoms with Crippen molar-refractivity contribution >= 4 is 12.2 Å². The van der Waals surface area contributed by atoms with Gasteiger partial charge < -0.3 is 16.2 Å². The lowest BCUT2D eigenvalue weighted by atomic mass is 10.2. The summed E-state index contributed by atoms with van der Waals surface area (Å²) in [6.07, 6.45) is 1.47. The third-order valence-corrected chi connectivity index (χ3v) is 2.66. The minimum atomic E-state index is -0.512. The van der Waals surface area contributed by atoms with Crippen LogP contribution in [0.1, 0.15) is 11.1 Å². The first-order valence-electron chi connectivity index (χ1n) is 6.33. The lowest BCUT2D eigenvalue weighted by Crippen LogP contribution is -2.21. The van der Waals surface area contributed by atoms with E-state index in [1.807, 2.05) is 0 Å². The summed E-state index contributed by atoms with van der Waals surface area (Å²) >= 11 is 0. The molecule has 7 heteroatoms. The average molecular weight is 304 g/mol. The monoisotopic (exact) mass is 304 g/mol. The van der Waals surface area contributed by atoms with E-state index in [1.165, 1.54) is 6.21 Å². The molecule has 0 spiro atoms. The third-order valence-electron chi connectivity index (χ3n) is 2.66. The second-order valence-corrected chi connectivity index (χ2v) is 4.36. The first-order chi connectivity index (χ1) is 10.5. The van der Waals surface area contributed by atoms with Crippen molar-refractivity contribution in [1.82, 2.24) is 0 Å². The molecule has 114 valence electrons. The van der Waals surface area contributed by atoms with Crippen molar-refractivity contribution in [2.24, 2.45) is 21.7 Å². The number of guanidine groups is 1. The van der Waals surface area contributed by atoms with Crippen molar-refractivity contribution < 1.29 is 13.5 Å². The van der Waals surface area contributed by atoms with Crippen LogP contribution in [0.2, 0.25) is 0 Å². The van der Waals surface area contributed by atoms with Crippen LogP contribution in [0.15, 0.2) is 52.7 Å². The van der Waals surface area contributed by atoms with Crippen LogP contribution in [-0.2, 0) is 6.61 Å². The highest BCUT2D eigenvalue weighted by Crippen LogP contribution is 2.16. The number of halogens is 2. The molecule has 0 atom stereocenters. The van der Waals surface area contributed by atoms with Crippen molar-refractivity contribution in [1.29, 1.82) is 0 Å². The summed E-state index contributed by atoms with van der Waals surface area (Å²) in [4.78, 5) is 0. The molecule has 0 fully saturated rings. The van der Waals surface area contributed by atoms with E-state index in [0.717, 1.165) is 23.8 Å². The Morgan fingerprint density at radius 3 is 2.50 bits per heavy atom. The molecule has 22 heavy (non-hydrogen) atoms. The molecule has 0 aliphatic heterocycles. The predicted molar refractivity (Wildman–Crippen MR) is 80.5 cm³/mol. The summed E-state index contributed by atoms with van der Waals surface area (Å²) in [6, 6.07) is 10.0. The Kier molecular flexibility index (Phi) is 5.02. The van der Waals surface area contributed by atoms with Gasteiger partial charge in [0.15, 0.2) is 0 Å². The van der Waals surface area contributed by atoms with Crippen LogP contribution in [0.3, 0.4) is 0 Å². The van der Waals surface area contributed by atoms with Gasteiger partial charge in [-0.25, -0.2) is 8.78 Å². The molecule has 0 aliphatic carbocycles. The van der Waals surface area contributed by atoms with Gasteiger partial charge in [-0.05, 0) is 48.0 Å². The molecular formula is C15H14F2N4O. The van der Waals surface area contributed by atoms with E-state index in [-0.39, 0.29) is 18.1 Å². The highest BCUT2D eigenvalue weighted by atomic mass is 19.1. The largest absolute Gasteiger partial charge is 0.489 e. The normalized spacial score (nSPS) is 10.6. The smallest absolute Gasteiger partial charge is 0.211 e. The SMILES string of the molecule is NC(N)=NN=Cc1ccc(OCc2cc(F)ccc2F)cc1. The quantitative estimate of drug-likeness (QED) is 0.504. The van der Waals surface area contributed by atoms with Crippen LogP contribution in [0.25, 0.3) is 0 Å². The van der Waals surface area contributed by atoms with Gasteiger partial charge in [0.1, 0.15) is 24.0 Å². The Morgan fingerprint density at radius 1 is 1.09 bits per heavy atom. The maximum atomic E-state index is 13.4. The number of hydrogen-bond acceptors (Lipinski definition) is 3. The van der Waals surface area contributed by atoms with E-state index in [1.54, 1.807) is 24.3 Å². The molecule has 2 rings (SSSR count). The molecule has 0 radical (unpaired) electrons. The predicted octanol–water partition coefficient (Wildman–Crippen LogP) is 2.15. The fourth-order valence-corrected chi connectivity index (χ4v) is 1.63. The Bertz CT molecular complexity index is 695. The molecule has 0 aromatic heterocycles. The molecule has 5 nitrogen and oxygen atoms in total. The van der Waals surface area contributed by atoms with Gasteiger partial charge in [-0.3, -0.25) is 0 Å². The van der Waals surface area contributed by atoms with Crippen LogP contribution in [0.5, 0.6) is 5.75 Å². The van der Waals surface area contributed by atoms with Crippen LogP contribution in [0.4, 0.5) is 8.78 Å². The summed E-state index contributed by atoms with van der Waals surface area (Å²) in [5, 5.41) is 7.14. The Morgan fingerprint density at radius 2 is 1.82 bits per heavy atom. The molecule has 2 aromatic carbocycles. The van der Waals surface area contributed by atoms with Crippen molar-refractivity contribution in [3.63, 3.8) is 0 Å². The summed E-state index contributed by atoms with van der Waals surface area (Å²) in [7, 11) is 0. The number of benzene rings is 2. The van der Waals surface area contributed by atoms with Gasteiger partial charge in [0.25, 0.3) is 0 Å². The van der Waals surface area contributed by atoms with Crippen molar-refractivity contribution in [3.05, 3.63) is 65.2 Å². The van der Waals surface area contributed by atoms with Gasteiger partial charge in [0.05, 0.1) is 6.21 Å². The summed E-state index contributed by atoms with van der Waals surface area (Å²) in [5.41, 5.74) is 11.2. The van der Waals surface area contributed by atoms with Gasteiger partial charge in [0, 0.05) is 5.56 Å². The van der Waals surface area contributed by atoms with Crippen molar-refractivity contribution in [3.8, 4) is 5.75 Å². The zero-order valence-corrected chi connectivity index (χ0v) is 11.5. The Hall–Kier alpha value is -2.96. The van der Waals surface area contributed by atoms with Gasteiger partial charge in [-0.15, -0.1) is 5.10 Å². The standard InChI is InChI=1S/C15H14F2N4O/c16-12-3-6-14(17)11(7-12)9-22-13-4-1-10(2-5-13)8-20-21-15(18)19/h1-8H,9H2,(H4,18,19,21). The Labute approximate surface area is 125 Å². The van der Waals surface area contributed by atoms with E-state index in [4.69, 9.17) is 16.2 Å². The number of nitrogens with two attached hydrogens (primary N) is 2. The first-order valence-corrected chi connectivity index (χ1v) is 6.33. The van der Waals surface area contributed by atoms with E-state index < -0.39 is 11.6 Å². The average Bonchev–Trinajstić information content (AvgIpc) is 2.49. The molecule has 0 aliphatic rings. The summed E-state index contributed by atoms with van der Waals surface area (Å²) < 4.78 is 31.9. The van der Waals surface area contributed by atoms with Crippen LogP contribution in [0, 0.1) is 11.6 Å². The highest BCUT2D eigenvalue weighted by Gasteiger charge is 2.04. The van der Waals surface area contributed by atoms with Gasteiger partial charge in [0.2, 0.25) is 5.96 Å². The lowest BCUT2D eigenvalue weighted by molar-refractivity contribution is 0.299. The molecule has 4 N–H and O–H groups in total.